The number of rotatable bonds is 2. The van der Waals surface area contributed by atoms with E-state index in [2.05, 4.69) is 21.2 Å². The second-order valence-corrected chi connectivity index (χ2v) is 5.47. The molecule has 2 aromatic rings. The Morgan fingerprint density at radius 3 is 2.40 bits per heavy atom. The van der Waals surface area contributed by atoms with Gasteiger partial charge in [0.1, 0.15) is 11.6 Å². The van der Waals surface area contributed by atoms with Crippen LogP contribution >= 0.6 is 15.9 Å². The molecule has 0 saturated heterocycles. The van der Waals surface area contributed by atoms with Crippen LogP contribution in [0, 0.1) is 25.5 Å². The minimum absolute atomic E-state index is 0.171. The van der Waals surface area contributed by atoms with Gasteiger partial charge in [-0.1, -0.05) is 15.9 Å². The van der Waals surface area contributed by atoms with Crippen molar-refractivity contribution in [1.29, 1.82) is 0 Å². The number of halogens is 3. The number of carbonyl (C=O) groups excluding carboxylic acids is 1. The summed E-state index contributed by atoms with van der Waals surface area (Å²) >= 11 is 3.29. The van der Waals surface area contributed by atoms with Gasteiger partial charge in [0, 0.05) is 16.1 Å². The Morgan fingerprint density at radius 1 is 1.05 bits per heavy atom. The molecule has 0 aliphatic rings. The van der Waals surface area contributed by atoms with Crippen LogP contribution in [0.4, 0.5) is 14.5 Å². The van der Waals surface area contributed by atoms with E-state index in [4.69, 9.17) is 0 Å². The molecule has 1 N–H and O–H groups in total. The van der Waals surface area contributed by atoms with Crippen LogP contribution in [0.15, 0.2) is 34.8 Å². The number of nitrogens with one attached hydrogen (secondary N) is 1. The molecule has 2 aromatic carbocycles. The Hall–Kier alpha value is -1.75. The lowest BCUT2D eigenvalue weighted by Gasteiger charge is -2.09. The van der Waals surface area contributed by atoms with Crippen molar-refractivity contribution in [1.82, 2.24) is 0 Å². The van der Waals surface area contributed by atoms with E-state index in [0.29, 0.717) is 5.56 Å². The Balaban J connectivity index is 2.30. The van der Waals surface area contributed by atoms with Crippen molar-refractivity contribution in [2.45, 2.75) is 13.8 Å². The molecule has 0 aliphatic carbocycles. The predicted molar refractivity (Wildman–Crippen MR) is 77.9 cm³/mol. The van der Waals surface area contributed by atoms with E-state index in [1.165, 1.54) is 6.92 Å². The second kappa shape index (κ2) is 5.71. The Labute approximate surface area is 123 Å². The van der Waals surface area contributed by atoms with Gasteiger partial charge in [0.25, 0.3) is 5.91 Å². The number of hydrogen-bond acceptors (Lipinski definition) is 1. The van der Waals surface area contributed by atoms with Gasteiger partial charge in [-0.3, -0.25) is 4.79 Å². The van der Waals surface area contributed by atoms with Gasteiger partial charge in [-0.25, -0.2) is 8.78 Å². The zero-order chi connectivity index (χ0) is 14.9. The van der Waals surface area contributed by atoms with Crippen LogP contribution in [-0.2, 0) is 0 Å². The van der Waals surface area contributed by atoms with E-state index in [1.54, 1.807) is 12.1 Å². The van der Waals surface area contributed by atoms with Crippen LogP contribution in [-0.4, -0.2) is 5.91 Å². The number of aryl methyl sites for hydroxylation is 2. The smallest absolute Gasteiger partial charge is 0.255 e. The summed E-state index contributed by atoms with van der Waals surface area (Å²) in [6, 6.07) is 7.17. The van der Waals surface area contributed by atoms with Gasteiger partial charge in [0.2, 0.25) is 0 Å². The zero-order valence-corrected chi connectivity index (χ0v) is 12.5. The first kappa shape index (κ1) is 14.7. The van der Waals surface area contributed by atoms with Gasteiger partial charge in [-0.05, 0) is 49.2 Å². The Morgan fingerprint density at radius 2 is 1.75 bits per heavy atom. The molecule has 20 heavy (non-hydrogen) atoms. The topological polar surface area (TPSA) is 29.1 Å². The first-order valence-electron chi connectivity index (χ1n) is 5.91. The average Bonchev–Trinajstić information content (AvgIpc) is 2.34. The van der Waals surface area contributed by atoms with Crippen LogP contribution in [0.5, 0.6) is 0 Å². The van der Waals surface area contributed by atoms with Crippen molar-refractivity contribution in [2.24, 2.45) is 0 Å². The lowest BCUT2D eigenvalue weighted by molar-refractivity contribution is 0.102. The molecule has 0 saturated carbocycles. The monoisotopic (exact) mass is 339 g/mol. The van der Waals surface area contributed by atoms with E-state index in [-0.39, 0.29) is 11.3 Å². The molecule has 104 valence electrons. The molecule has 1 amide bonds. The molecule has 0 unspecified atom stereocenters. The van der Waals surface area contributed by atoms with Crippen molar-refractivity contribution >= 4 is 27.5 Å². The van der Waals surface area contributed by atoms with Crippen molar-refractivity contribution < 1.29 is 13.6 Å². The summed E-state index contributed by atoms with van der Waals surface area (Å²) < 4.78 is 27.8. The molecule has 0 aromatic heterocycles. The first-order chi connectivity index (χ1) is 9.36. The minimum Gasteiger partial charge on any atom is -0.319 e. The summed E-state index contributed by atoms with van der Waals surface area (Å²) in [6.07, 6.45) is 0. The molecule has 0 aliphatic heterocycles. The molecular weight excluding hydrogens is 328 g/mol. The fourth-order valence-electron chi connectivity index (χ4n) is 1.80. The van der Waals surface area contributed by atoms with E-state index >= 15 is 0 Å². The summed E-state index contributed by atoms with van der Waals surface area (Å²) in [6.45, 7) is 3.30. The molecule has 0 atom stereocenters. The van der Waals surface area contributed by atoms with Crippen LogP contribution in [0.2, 0.25) is 0 Å². The number of carbonyl (C=O) groups is 1. The highest BCUT2D eigenvalue weighted by Gasteiger charge is 2.12. The lowest BCUT2D eigenvalue weighted by atomic mass is 10.1. The van der Waals surface area contributed by atoms with Gasteiger partial charge >= 0.3 is 0 Å². The molecular formula is C15H12BrF2NO. The molecule has 0 spiro atoms. The lowest BCUT2D eigenvalue weighted by Crippen LogP contribution is -2.13. The highest BCUT2D eigenvalue weighted by atomic mass is 79.9. The fraction of sp³-hybridized carbons (Fsp3) is 0.133. The van der Waals surface area contributed by atoms with E-state index < -0.39 is 17.5 Å². The summed E-state index contributed by atoms with van der Waals surface area (Å²) in [5.74, 6) is -1.72. The average molecular weight is 340 g/mol. The summed E-state index contributed by atoms with van der Waals surface area (Å²) in [5, 5.41) is 2.37. The maximum atomic E-state index is 13.7. The van der Waals surface area contributed by atoms with Crippen LogP contribution in [0.25, 0.3) is 0 Å². The highest BCUT2D eigenvalue weighted by molar-refractivity contribution is 9.10. The van der Waals surface area contributed by atoms with Gasteiger partial charge in [-0.15, -0.1) is 0 Å². The molecule has 2 rings (SSSR count). The normalized spacial score (nSPS) is 10.4. The second-order valence-electron chi connectivity index (χ2n) is 4.55. The SMILES string of the molecule is Cc1cc(Br)cc(C(=O)Nc2cc(F)c(C)cc2F)c1. The van der Waals surface area contributed by atoms with Gasteiger partial charge in [0.05, 0.1) is 5.69 Å². The molecule has 0 bridgehead atoms. The van der Waals surface area contributed by atoms with Gasteiger partial charge < -0.3 is 5.32 Å². The zero-order valence-electron chi connectivity index (χ0n) is 10.9. The summed E-state index contributed by atoms with van der Waals surface area (Å²) in [5.41, 5.74) is 1.28. The van der Waals surface area contributed by atoms with Crippen molar-refractivity contribution in [3.63, 3.8) is 0 Å². The first-order valence-corrected chi connectivity index (χ1v) is 6.70. The van der Waals surface area contributed by atoms with Crippen LogP contribution in [0.3, 0.4) is 0 Å². The number of benzene rings is 2. The standard InChI is InChI=1S/C15H12BrF2NO/c1-8-3-10(6-11(16)4-8)15(20)19-14-7-12(17)9(2)5-13(14)18/h3-7H,1-2H3,(H,19,20). The summed E-state index contributed by atoms with van der Waals surface area (Å²) in [7, 11) is 0. The molecule has 5 heteroatoms. The van der Waals surface area contributed by atoms with Crippen molar-refractivity contribution in [2.75, 3.05) is 5.32 Å². The number of anilines is 1. The Bertz CT molecular complexity index is 666. The van der Waals surface area contributed by atoms with Gasteiger partial charge in [0.15, 0.2) is 0 Å². The largest absolute Gasteiger partial charge is 0.319 e. The van der Waals surface area contributed by atoms with E-state index in [9.17, 15) is 13.6 Å². The molecule has 0 heterocycles. The van der Waals surface area contributed by atoms with Crippen molar-refractivity contribution in [3.05, 3.63) is 63.1 Å². The predicted octanol–water partition coefficient (Wildman–Crippen LogP) is 4.60. The molecule has 0 fully saturated rings. The Kier molecular flexibility index (Phi) is 4.18. The molecule has 0 radical (unpaired) electrons. The number of amides is 1. The fourth-order valence-corrected chi connectivity index (χ4v) is 2.41. The third kappa shape index (κ3) is 3.22. The number of hydrogen-bond donors (Lipinski definition) is 1. The summed E-state index contributed by atoms with van der Waals surface area (Å²) in [4.78, 5) is 12.0. The quantitative estimate of drug-likeness (QED) is 0.851. The van der Waals surface area contributed by atoms with E-state index in [1.807, 2.05) is 13.0 Å². The maximum Gasteiger partial charge on any atom is 0.255 e. The third-order valence-corrected chi connectivity index (χ3v) is 3.26. The maximum absolute atomic E-state index is 13.7. The van der Waals surface area contributed by atoms with Crippen LogP contribution < -0.4 is 5.32 Å². The van der Waals surface area contributed by atoms with E-state index in [0.717, 1.165) is 22.2 Å². The van der Waals surface area contributed by atoms with Crippen LogP contribution in [0.1, 0.15) is 21.5 Å². The minimum atomic E-state index is -0.663. The highest BCUT2D eigenvalue weighted by Crippen LogP contribution is 2.21. The third-order valence-electron chi connectivity index (χ3n) is 2.80. The van der Waals surface area contributed by atoms with Crippen molar-refractivity contribution in [3.8, 4) is 0 Å². The van der Waals surface area contributed by atoms with Gasteiger partial charge in [-0.2, -0.15) is 0 Å². The molecule has 2 nitrogen and oxygen atoms in total.